The number of carbonyl (C=O) groups excluding carboxylic acids is 1. The molecule has 0 saturated heterocycles. The van der Waals surface area contributed by atoms with Gasteiger partial charge in [0.05, 0.1) is 5.56 Å². The molecule has 0 aliphatic heterocycles. The maximum absolute atomic E-state index is 12.3. The van der Waals surface area contributed by atoms with Crippen LogP contribution in [0.25, 0.3) is 0 Å². The predicted octanol–water partition coefficient (Wildman–Crippen LogP) is 4.26. The number of hydrogen-bond acceptors (Lipinski definition) is 2. The van der Waals surface area contributed by atoms with Gasteiger partial charge in [0, 0.05) is 0 Å². The molecule has 3 fully saturated rings. The largest absolute Gasteiger partial charge is 0.455 e. The number of ether oxygens (including phenoxy) is 1. The number of benzene rings is 1. The highest BCUT2D eigenvalue weighted by Crippen LogP contribution is 2.53. The van der Waals surface area contributed by atoms with Crippen molar-refractivity contribution in [3.8, 4) is 0 Å². The molecule has 19 heavy (non-hydrogen) atoms. The number of esters is 1. The van der Waals surface area contributed by atoms with Crippen LogP contribution in [-0.2, 0) is 4.74 Å². The Morgan fingerprint density at radius 1 is 1.00 bits per heavy atom. The highest BCUT2D eigenvalue weighted by atomic mass is 16.6. The average Bonchev–Trinajstić information content (AvgIpc) is 2.41. The number of carbonyl (C=O) groups is 1. The van der Waals surface area contributed by atoms with Crippen molar-refractivity contribution in [2.45, 2.75) is 58.0 Å². The number of fused-ring (bicyclic) bond motifs is 3. The van der Waals surface area contributed by atoms with Crippen LogP contribution in [0.3, 0.4) is 0 Å². The lowest BCUT2D eigenvalue weighted by atomic mass is 9.59. The van der Waals surface area contributed by atoms with Gasteiger partial charge < -0.3 is 4.74 Å². The van der Waals surface area contributed by atoms with Crippen molar-refractivity contribution >= 4 is 5.97 Å². The van der Waals surface area contributed by atoms with Crippen LogP contribution >= 0.6 is 0 Å². The van der Waals surface area contributed by atoms with E-state index < -0.39 is 0 Å². The number of hydrogen-bond donors (Lipinski definition) is 0. The molecule has 3 aliphatic carbocycles. The third-order valence-electron chi connectivity index (χ3n) is 5.15. The third kappa shape index (κ3) is 2.41. The molecule has 4 rings (SSSR count). The van der Waals surface area contributed by atoms with Gasteiger partial charge in [0.25, 0.3) is 0 Å². The summed E-state index contributed by atoms with van der Waals surface area (Å²) in [6.07, 6.45) is 6.74. The van der Waals surface area contributed by atoms with Crippen LogP contribution in [0.2, 0.25) is 0 Å². The Kier molecular flexibility index (Phi) is 2.92. The van der Waals surface area contributed by atoms with Crippen molar-refractivity contribution in [1.82, 2.24) is 0 Å². The number of aryl methyl sites for hydroxylation is 1. The molecule has 0 heterocycles. The molecule has 0 spiro atoms. The van der Waals surface area contributed by atoms with Crippen LogP contribution in [0, 0.1) is 12.3 Å². The summed E-state index contributed by atoms with van der Waals surface area (Å²) in [7, 11) is 0. The van der Waals surface area contributed by atoms with Crippen LogP contribution in [0.15, 0.2) is 24.3 Å². The Morgan fingerprint density at radius 2 is 1.53 bits per heavy atom. The summed E-state index contributed by atoms with van der Waals surface area (Å²) in [5, 5.41) is 0. The Labute approximate surface area is 115 Å². The Bertz CT molecular complexity index is 462. The Hall–Kier alpha value is -1.31. The topological polar surface area (TPSA) is 26.3 Å². The van der Waals surface area contributed by atoms with E-state index in [1.54, 1.807) is 0 Å². The molecule has 1 aromatic carbocycles. The maximum atomic E-state index is 12.3. The van der Waals surface area contributed by atoms with Crippen molar-refractivity contribution in [2.75, 3.05) is 0 Å². The highest BCUT2D eigenvalue weighted by Gasteiger charge is 2.48. The number of rotatable bonds is 2. The minimum Gasteiger partial charge on any atom is -0.455 e. The van der Waals surface area contributed by atoms with Crippen molar-refractivity contribution in [1.29, 1.82) is 0 Å². The minimum absolute atomic E-state index is 0.148. The van der Waals surface area contributed by atoms with Crippen LogP contribution in [0.4, 0.5) is 0 Å². The Morgan fingerprint density at radius 3 is 2.05 bits per heavy atom. The molecule has 0 atom stereocenters. The molecule has 3 saturated carbocycles. The van der Waals surface area contributed by atoms with Gasteiger partial charge >= 0.3 is 5.97 Å². The first kappa shape index (κ1) is 12.7. The van der Waals surface area contributed by atoms with Crippen LogP contribution in [-0.4, -0.2) is 11.6 Å². The smallest absolute Gasteiger partial charge is 0.338 e. The van der Waals surface area contributed by atoms with Gasteiger partial charge in [-0.25, -0.2) is 4.79 Å². The molecule has 2 bridgehead atoms. The monoisotopic (exact) mass is 258 g/mol. The predicted molar refractivity (Wildman–Crippen MR) is 75.1 cm³/mol. The van der Waals surface area contributed by atoms with Gasteiger partial charge in [-0.2, -0.15) is 0 Å². The first-order valence-corrected chi connectivity index (χ1v) is 7.31. The summed E-state index contributed by atoms with van der Waals surface area (Å²) >= 11 is 0. The fourth-order valence-corrected chi connectivity index (χ4v) is 3.44. The molecular weight excluding hydrogens is 236 g/mol. The molecule has 0 aromatic heterocycles. The molecule has 0 unspecified atom stereocenters. The van der Waals surface area contributed by atoms with E-state index in [0.717, 1.165) is 19.3 Å². The molecule has 2 heteroatoms. The van der Waals surface area contributed by atoms with E-state index >= 15 is 0 Å². The second-order valence-corrected chi connectivity index (χ2v) is 6.75. The second-order valence-electron chi connectivity index (χ2n) is 6.75. The highest BCUT2D eigenvalue weighted by molar-refractivity contribution is 5.89. The molecule has 2 nitrogen and oxygen atoms in total. The van der Waals surface area contributed by atoms with E-state index in [0.29, 0.717) is 11.0 Å². The average molecular weight is 258 g/mol. The van der Waals surface area contributed by atoms with Crippen LogP contribution < -0.4 is 0 Å². The lowest BCUT2D eigenvalue weighted by Crippen LogP contribution is -2.47. The second kappa shape index (κ2) is 4.36. The normalized spacial score (nSPS) is 33.2. The summed E-state index contributed by atoms with van der Waals surface area (Å²) < 4.78 is 5.90. The quantitative estimate of drug-likeness (QED) is 0.741. The lowest BCUT2D eigenvalue weighted by Gasteiger charge is -2.51. The summed E-state index contributed by atoms with van der Waals surface area (Å²) in [6.45, 7) is 4.40. The van der Waals surface area contributed by atoms with E-state index in [1.165, 1.54) is 24.8 Å². The van der Waals surface area contributed by atoms with Crippen molar-refractivity contribution in [3.63, 3.8) is 0 Å². The van der Waals surface area contributed by atoms with Gasteiger partial charge in [-0.05, 0) is 63.0 Å². The SMILES string of the molecule is Cc1ccc(C(=O)OC23CCC(C)(CC2)CC3)cc1. The molecule has 0 amide bonds. The fourth-order valence-electron chi connectivity index (χ4n) is 3.44. The van der Waals surface area contributed by atoms with E-state index in [9.17, 15) is 4.79 Å². The first-order valence-electron chi connectivity index (χ1n) is 7.31. The summed E-state index contributed by atoms with van der Waals surface area (Å²) in [6, 6.07) is 7.66. The fraction of sp³-hybridized carbons (Fsp3) is 0.588. The van der Waals surface area contributed by atoms with Crippen LogP contribution in [0.5, 0.6) is 0 Å². The first-order chi connectivity index (χ1) is 9.00. The van der Waals surface area contributed by atoms with Crippen molar-refractivity contribution in [2.24, 2.45) is 5.41 Å². The maximum Gasteiger partial charge on any atom is 0.338 e. The zero-order chi connectivity index (χ0) is 13.5. The van der Waals surface area contributed by atoms with E-state index in [2.05, 4.69) is 6.92 Å². The van der Waals surface area contributed by atoms with Gasteiger partial charge in [0.2, 0.25) is 0 Å². The molecule has 0 N–H and O–H groups in total. The van der Waals surface area contributed by atoms with Gasteiger partial charge in [-0.15, -0.1) is 0 Å². The molecular formula is C17H22O2. The van der Waals surface area contributed by atoms with Gasteiger partial charge in [-0.1, -0.05) is 24.6 Å². The standard InChI is InChI=1S/C17H22O2/c1-13-3-5-14(6-4-13)15(18)19-17-10-7-16(2,8-11-17)9-12-17/h3-6H,7-12H2,1-2H3. The molecule has 3 aliphatic rings. The van der Waals surface area contributed by atoms with E-state index in [4.69, 9.17) is 4.74 Å². The van der Waals surface area contributed by atoms with Crippen LogP contribution in [0.1, 0.15) is 61.4 Å². The van der Waals surface area contributed by atoms with E-state index in [-0.39, 0.29) is 11.6 Å². The molecule has 102 valence electrons. The van der Waals surface area contributed by atoms with Gasteiger partial charge in [-0.3, -0.25) is 0 Å². The van der Waals surface area contributed by atoms with Gasteiger partial charge in [0.1, 0.15) is 5.60 Å². The zero-order valence-corrected chi connectivity index (χ0v) is 11.9. The summed E-state index contributed by atoms with van der Waals surface area (Å²) in [4.78, 5) is 12.3. The zero-order valence-electron chi connectivity index (χ0n) is 11.9. The Balaban J connectivity index is 1.71. The van der Waals surface area contributed by atoms with Gasteiger partial charge in [0.15, 0.2) is 0 Å². The third-order valence-corrected chi connectivity index (χ3v) is 5.15. The summed E-state index contributed by atoms with van der Waals surface area (Å²) in [5.74, 6) is -0.148. The lowest BCUT2D eigenvalue weighted by molar-refractivity contribution is -0.0987. The van der Waals surface area contributed by atoms with Crippen molar-refractivity contribution < 1.29 is 9.53 Å². The molecule has 1 aromatic rings. The van der Waals surface area contributed by atoms with Crippen molar-refractivity contribution in [3.05, 3.63) is 35.4 Å². The molecule has 0 radical (unpaired) electrons. The minimum atomic E-state index is -0.167. The summed E-state index contributed by atoms with van der Waals surface area (Å²) in [5.41, 5.74) is 2.19. The van der Waals surface area contributed by atoms with E-state index in [1.807, 2.05) is 31.2 Å².